The summed E-state index contributed by atoms with van der Waals surface area (Å²) in [5.41, 5.74) is 1.25. The summed E-state index contributed by atoms with van der Waals surface area (Å²) in [4.78, 5) is 24.9. The van der Waals surface area contributed by atoms with Gasteiger partial charge in [0.25, 0.3) is 0 Å². The van der Waals surface area contributed by atoms with Crippen molar-refractivity contribution in [3.63, 3.8) is 0 Å². The summed E-state index contributed by atoms with van der Waals surface area (Å²) >= 11 is 0. The number of Topliss-reactive ketones (excluding diaryl/α,β-unsaturated/α-hetero) is 1. The van der Waals surface area contributed by atoms with E-state index >= 15 is 0 Å². The standard InChI is InChI=1S/C24H17FO6/c1-28-19-10-3-14(11-21(19)29-2)12-22-23(26)18-9-8-17(13-20(18)31-22)30-24(27)15-4-6-16(25)7-5-15/h3-13H,1-2H3/b22-12-. The van der Waals surface area contributed by atoms with E-state index in [-0.39, 0.29) is 28.6 Å². The third-order valence-electron chi connectivity index (χ3n) is 4.64. The van der Waals surface area contributed by atoms with Gasteiger partial charge in [-0.2, -0.15) is 0 Å². The highest BCUT2D eigenvalue weighted by atomic mass is 19.1. The first kappa shape index (κ1) is 20.2. The predicted octanol–water partition coefficient (Wildman–Crippen LogP) is 4.68. The zero-order chi connectivity index (χ0) is 22.0. The van der Waals surface area contributed by atoms with Gasteiger partial charge in [0.15, 0.2) is 17.3 Å². The average molecular weight is 420 g/mol. The highest BCUT2D eigenvalue weighted by Gasteiger charge is 2.28. The monoisotopic (exact) mass is 420 g/mol. The highest BCUT2D eigenvalue weighted by Crippen LogP contribution is 2.36. The number of ether oxygens (including phenoxy) is 4. The Hall–Kier alpha value is -4.13. The molecule has 0 bridgehead atoms. The zero-order valence-electron chi connectivity index (χ0n) is 16.7. The van der Waals surface area contributed by atoms with Gasteiger partial charge in [0.2, 0.25) is 5.78 Å². The smallest absolute Gasteiger partial charge is 0.343 e. The minimum Gasteiger partial charge on any atom is -0.493 e. The molecule has 1 aliphatic heterocycles. The van der Waals surface area contributed by atoms with Crippen LogP contribution in [-0.4, -0.2) is 26.0 Å². The summed E-state index contributed by atoms with van der Waals surface area (Å²) in [6.07, 6.45) is 1.59. The third-order valence-corrected chi connectivity index (χ3v) is 4.64. The molecule has 0 unspecified atom stereocenters. The van der Waals surface area contributed by atoms with Gasteiger partial charge in [-0.15, -0.1) is 0 Å². The molecule has 1 aliphatic rings. The molecule has 6 nitrogen and oxygen atoms in total. The molecular weight excluding hydrogens is 403 g/mol. The van der Waals surface area contributed by atoms with Crippen LogP contribution < -0.4 is 18.9 Å². The first-order valence-electron chi connectivity index (χ1n) is 9.26. The number of carbonyl (C=O) groups is 2. The van der Waals surface area contributed by atoms with E-state index in [2.05, 4.69) is 0 Å². The zero-order valence-corrected chi connectivity index (χ0v) is 16.7. The van der Waals surface area contributed by atoms with E-state index in [4.69, 9.17) is 18.9 Å². The van der Waals surface area contributed by atoms with Crippen molar-refractivity contribution in [3.8, 4) is 23.0 Å². The van der Waals surface area contributed by atoms with Crippen molar-refractivity contribution >= 4 is 17.8 Å². The third kappa shape index (κ3) is 4.11. The van der Waals surface area contributed by atoms with Crippen LogP contribution in [0.15, 0.2) is 66.4 Å². The Morgan fingerprint density at radius 3 is 2.39 bits per heavy atom. The van der Waals surface area contributed by atoms with Gasteiger partial charge in [0.1, 0.15) is 17.3 Å². The van der Waals surface area contributed by atoms with Gasteiger partial charge < -0.3 is 18.9 Å². The van der Waals surface area contributed by atoms with Crippen LogP contribution >= 0.6 is 0 Å². The van der Waals surface area contributed by atoms with Gasteiger partial charge in [-0.25, -0.2) is 9.18 Å². The number of esters is 1. The van der Waals surface area contributed by atoms with Gasteiger partial charge in [-0.3, -0.25) is 4.79 Å². The van der Waals surface area contributed by atoms with Crippen LogP contribution in [0, 0.1) is 5.82 Å². The maximum Gasteiger partial charge on any atom is 0.343 e. The Bertz CT molecular complexity index is 1200. The van der Waals surface area contributed by atoms with Gasteiger partial charge >= 0.3 is 5.97 Å². The lowest BCUT2D eigenvalue weighted by atomic mass is 10.1. The Labute approximate surface area is 177 Å². The SMILES string of the molecule is COc1ccc(/C=C2\Oc3cc(OC(=O)c4ccc(F)cc4)ccc3C2=O)cc1OC. The Morgan fingerprint density at radius 2 is 1.68 bits per heavy atom. The van der Waals surface area contributed by atoms with Crippen LogP contribution in [0.5, 0.6) is 23.0 Å². The van der Waals surface area contributed by atoms with E-state index < -0.39 is 11.8 Å². The molecule has 0 saturated heterocycles. The molecule has 7 heteroatoms. The van der Waals surface area contributed by atoms with Crippen molar-refractivity contribution in [3.05, 3.63) is 88.9 Å². The van der Waals surface area contributed by atoms with Crippen LogP contribution in [0.2, 0.25) is 0 Å². The number of hydrogen-bond donors (Lipinski definition) is 0. The number of allylic oxidation sites excluding steroid dienone is 1. The molecule has 0 atom stereocenters. The van der Waals surface area contributed by atoms with Crippen molar-refractivity contribution in [2.45, 2.75) is 0 Å². The van der Waals surface area contributed by atoms with Crippen LogP contribution in [-0.2, 0) is 0 Å². The number of carbonyl (C=O) groups excluding carboxylic acids is 2. The van der Waals surface area contributed by atoms with Crippen molar-refractivity contribution in [1.29, 1.82) is 0 Å². The summed E-state index contributed by atoms with van der Waals surface area (Å²) in [6.45, 7) is 0. The number of methoxy groups -OCH3 is 2. The van der Waals surface area contributed by atoms with Crippen LogP contribution in [0.4, 0.5) is 4.39 Å². The number of ketones is 1. The summed E-state index contributed by atoms with van der Waals surface area (Å²) in [6, 6.07) is 14.7. The fourth-order valence-corrected chi connectivity index (χ4v) is 3.08. The quantitative estimate of drug-likeness (QED) is 0.339. The average Bonchev–Trinajstić information content (AvgIpc) is 3.08. The maximum absolute atomic E-state index is 13.0. The molecule has 0 fully saturated rings. The molecule has 156 valence electrons. The Morgan fingerprint density at radius 1 is 0.935 bits per heavy atom. The normalized spacial score (nSPS) is 13.5. The maximum atomic E-state index is 13.0. The molecule has 0 aliphatic carbocycles. The molecule has 4 rings (SSSR count). The molecule has 0 saturated carbocycles. The topological polar surface area (TPSA) is 71.1 Å². The molecule has 0 aromatic heterocycles. The van der Waals surface area contributed by atoms with E-state index in [1.165, 1.54) is 56.7 Å². The van der Waals surface area contributed by atoms with E-state index in [1.807, 2.05) is 0 Å². The van der Waals surface area contributed by atoms with Gasteiger partial charge in [-0.05, 0) is 60.2 Å². The second-order valence-electron chi connectivity index (χ2n) is 6.61. The summed E-state index contributed by atoms with van der Waals surface area (Å²) in [7, 11) is 3.06. The minimum absolute atomic E-state index is 0.129. The van der Waals surface area contributed by atoms with Crippen LogP contribution in [0.25, 0.3) is 6.08 Å². The lowest BCUT2D eigenvalue weighted by molar-refractivity contribution is 0.0734. The number of benzene rings is 3. The molecule has 31 heavy (non-hydrogen) atoms. The summed E-state index contributed by atoms with van der Waals surface area (Å²) < 4.78 is 34.5. The van der Waals surface area contributed by atoms with Gasteiger partial charge in [0.05, 0.1) is 25.3 Å². The Kier molecular flexibility index (Phi) is 5.41. The van der Waals surface area contributed by atoms with Gasteiger partial charge in [-0.1, -0.05) is 6.07 Å². The van der Waals surface area contributed by atoms with Crippen LogP contribution in [0.1, 0.15) is 26.3 Å². The summed E-state index contributed by atoms with van der Waals surface area (Å²) in [5, 5.41) is 0. The number of rotatable bonds is 5. The Balaban J connectivity index is 1.55. The fraction of sp³-hybridized carbons (Fsp3) is 0.0833. The molecule has 0 spiro atoms. The number of hydrogen-bond acceptors (Lipinski definition) is 6. The first-order valence-corrected chi connectivity index (χ1v) is 9.26. The second-order valence-corrected chi connectivity index (χ2v) is 6.61. The molecule has 0 radical (unpaired) electrons. The molecule has 0 amide bonds. The molecule has 3 aromatic rings. The van der Waals surface area contributed by atoms with E-state index in [0.29, 0.717) is 22.6 Å². The molecule has 0 N–H and O–H groups in total. The molecule has 3 aromatic carbocycles. The van der Waals surface area contributed by atoms with E-state index in [0.717, 1.165) is 0 Å². The minimum atomic E-state index is -0.648. The van der Waals surface area contributed by atoms with Crippen molar-refractivity contribution in [2.24, 2.45) is 0 Å². The first-order chi connectivity index (χ1) is 15.0. The van der Waals surface area contributed by atoms with E-state index in [9.17, 15) is 14.0 Å². The van der Waals surface area contributed by atoms with Gasteiger partial charge in [0, 0.05) is 6.07 Å². The van der Waals surface area contributed by atoms with Crippen molar-refractivity contribution < 1.29 is 32.9 Å². The number of fused-ring (bicyclic) bond motifs is 1. The summed E-state index contributed by atoms with van der Waals surface area (Å²) in [5.74, 6) is 0.314. The van der Waals surface area contributed by atoms with E-state index in [1.54, 1.807) is 24.3 Å². The second kappa shape index (κ2) is 8.31. The lowest BCUT2D eigenvalue weighted by Gasteiger charge is -2.08. The van der Waals surface area contributed by atoms with Crippen molar-refractivity contribution in [2.75, 3.05) is 14.2 Å². The van der Waals surface area contributed by atoms with Crippen LogP contribution in [0.3, 0.4) is 0 Å². The fourth-order valence-electron chi connectivity index (χ4n) is 3.08. The molecule has 1 heterocycles. The molecular formula is C24H17FO6. The predicted molar refractivity (Wildman–Crippen MR) is 110 cm³/mol. The van der Waals surface area contributed by atoms with Crippen molar-refractivity contribution in [1.82, 2.24) is 0 Å². The number of halogens is 1. The highest BCUT2D eigenvalue weighted by molar-refractivity contribution is 6.14. The largest absolute Gasteiger partial charge is 0.493 e. The lowest BCUT2D eigenvalue weighted by Crippen LogP contribution is -2.08.